The average Bonchev–Trinajstić information content (AvgIpc) is 3.55. The number of anilines is 1. The Morgan fingerprint density at radius 2 is 1.91 bits per heavy atom. The van der Waals surface area contributed by atoms with E-state index in [1.165, 1.54) is 25.1 Å². The molecule has 0 radical (unpaired) electrons. The molecular weight excluding hydrogens is 431 g/mol. The fourth-order valence-corrected chi connectivity index (χ4v) is 4.26. The zero-order valence-electron chi connectivity index (χ0n) is 17.1. The molecule has 3 heterocycles. The van der Waals surface area contributed by atoms with Gasteiger partial charge in [0.1, 0.15) is 5.69 Å². The topological polar surface area (TPSA) is 73.0 Å². The van der Waals surface area contributed by atoms with Gasteiger partial charge in [0.05, 0.1) is 23.9 Å². The van der Waals surface area contributed by atoms with Gasteiger partial charge in [-0.25, -0.2) is 9.37 Å². The summed E-state index contributed by atoms with van der Waals surface area (Å²) in [5.74, 6) is -0.546. The van der Waals surface area contributed by atoms with Crippen LogP contribution in [-0.4, -0.2) is 20.4 Å². The second kappa shape index (κ2) is 8.59. The molecule has 1 amide bonds. The number of furan rings is 1. The number of pyridine rings is 1. The number of carbonyl (C=O) groups excluding carboxylic acids is 1. The highest BCUT2D eigenvalue weighted by Gasteiger charge is 2.26. The summed E-state index contributed by atoms with van der Waals surface area (Å²) >= 11 is 6.06. The minimum atomic E-state index is -0.614. The van der Waals surface area contributed by atoms with Gasteiger partial charge in [0.25, 0.3) is 5.91 Å². The molecule has 32 heavy (non-hydrogen) atoms. The van der Waals surface area contributed by atoms with E-state index in [2.05, 4.69) is 19.9 Å². The number of hydrogen-bond acceptors (Lipinski definition) is 4. The molecule has 162 valence electrons. The van der Waals surface area contributed by atoms with Crippen molar-refractivity contribution in [2.75, 3.05) is 5.32 Å². The van der Waals surface area contributed by atoms with E-state index >= 15 is 0 Å². The SMILES string of the molecule is O=C(Nc1ccncc1F)c1ccc(-c2c(-c3ccc(Cl)cc3)ncn2C2CCCC2)o1. The van der Waals surface area contributed by atoms with E-state index in [0.717, 1.165) is 36.0 Å². The fourth-order valence-electron chi connectivity index (χ4n) is 4.13. The van der Waals surface area contributed by atoms with Crippen molar-refractivity contribution in [2.24, 2.45) is 0 Å². The first-order chi connectivity index (χ1) is 15.6. The van der Waals surface area contributed by atoms with Crippen molar-refractivity contribution in [1.29, 1.82) is 0 Å². The van der Waals surface area contributed by atoms with Crippen molar-refractivity contribution in [3.05, 3.63) is 77.8 Å². The summed E-state index contributed by atoms with van der Waals surface area (Å²) in [5.41, 5.74) is 2.52. The molecule has 0 atom stereocenters. The summed E-state index contributed by atoms with van der Waals surface area (Å²) in [7, 11) is 0. The lowest BCUT2D eigenvalue weighted by Crippen LogP contribution is -2.12. The Kier molecular flexibility index (Phi) is 5.49. The van der Waals surface area contributed by atoms with Crippen LogP contribution in [0.15, 0.2) is 65.6 Å². The number of aromatic nitrogens is 3. The van der Waals surface area contributed by atoms with Crippen molar-refractivity contribution in [2.45, 2.75) is 31.7 Å². The largest absolute Gasteiger partial charge is 0.449 e. The van der Waals surface area contributed by atoms with Crippen LogP contribution in [0.3, 0.4) is 0 Å². The minimum absolute atomic E-state index is 0.0424. The number of rotatable bonds is 5. The molecule has 0 aliphatic heterocycles. The Morgan fingerprint density at radius 3 is 2.66 bits per heavy atom. The molecule has 6 nitrogen and oxygen atoms in total. The number of hydrogen-bond donors (Lipinski definition) is 1. The number of carbonyl (C=O) groups is 1. The van der Waals surface area contributed by atoms with E-state index in [1.54, 1.807) is 12.1 Å². The summed E-state index contributed by atoms with van der Waals surface area (Å²) in [4.78, 5) is 21.0. The predicted octanol–water partition coefficient (Wildman–Crippen LogP) is 6.37. The standard InChI is InChI=1S/C24H20ClFN4O2/c25-16-7-5-15(6-8-16)22-23(30(14-28-22)17-3-1-2-4-17)20-9-10-21(32-20)24(31)29-19-11-12-27-13-18(19)26/h5-14,17H,1-4H2,(H,27,29,31). The Morgan fingerprint density at radius 1 is 1.12 bits per heavy atom. The first kappa shape index (κ1) is 20.5. The van der Waals surface area contributed by atoms with Gasteiger partial charge in [-0.3, -0.25) is 9.78 Å². The molecule has 1 saturated carbocycles. The molecule has 0 saturated heterocycles. The van der Waals surface area contributed by atoms with Crippen LogP contribution in [0.5, 0.6) is 0 Å². The Labute approximate surface area is 189 Å². The molecular formula is C24H20ClFN4O2. The maximum atomic E-state index is 13.9. The summed E-state index contributed by atoms with van der Waals surface area (Å²) in [6, 6.07) is 12.5. The fraction of sp³-hybridized carbons (Fsp3) is 0.208. The maximum Gasteiger partial charge on any atom is 0.291 e. The van der Waals surface area contributed by atoms with E-state index in [4.69, 9.17) is 16.0 Å². The van der Waals surface area contributed by atoms with Crippen molar-refractivity contribution in [1.82, 2.24) is 14.5 Å². The Hall–Kier alpha value is -3.45. The third kappa shape index (κ3) is 3.91. The van der Waals surface area contributed by atoms with Gasteiger partial charge in [0.15, 0.2) is 17.3 Å². The lowest BCUT2D eigenvalue weighted by Gasteiger charge is -2.15. The summed E-state index contributed by atoms with van der Waals surface area (Å²) in [5, 5.41) is 3.17. The van der Waals surface area contributed by atoms with Crippen molar-refractivity contribution in [3.63, 3.8) is 0 Å². The first-order valence-electron chi connectivity index (χ1n) is 10.4. The number of amides is 1. The third-order valence-corrected chi connectivity index (χ3v) is 5.97. The second-order valence-corrected chi connectivity index (χ2v) is 8.20. The zero-order chi connectivity index (χ0) is 22.1. The lowest BCUT2D eigenvalue weighted by molar-refractivity contribution is 0.0997. The highest BCUT2D eigenvalue weighted by Crippen LogP contribution is 2.39. The van der Waals surface area contributed by atoms with Gasteiger partial charge in [-0.2, -0.15) is 0 Å². The number of nitrogens with one attached hydrogen (secondary N) is 1. The molecule has 3 aromatic heterocycles. The van der Waals surface area contributed by atoms with Crippen LogP contribution in [0, 0.1) is 5.82 Å². The highest BCUT2D eigenvalue weighted by molar-refractivity contribution is 6.30. The van der Waals surface area contributed by atoms with Gasteiger partial charge in [-0.15, -0.1) is 0 Å². The quantitative estimate of drug-likeness (QED) is 0.383. The van der Waals surface area contributed by atoms with Crippen molar-refractivity contribution in [3.8, 4) is 22.7 Å². The number of halogens is 2. The van der Waals surface area contributed by atoms with Crippen molar-refractivity contribution < 1.29 is 13.6 Å². The molecule has 1 aromatic carbocycles. The minimum Gasteiger partial charge on any atom is -0.449 e. The smallest absolute Gasteiger partial charge is 0.291 e. The van der Waals surface area contributed by atoms with Crippen LogP contribution in [0.4, 0.5) is 10.1 Å². The highest BCUT2D eigenvalue weighted by atomic mass is 35.5. The average molecular weight is 451 g/mol. The van der Waals surface area contributed by atoms with Gasteiger partial charge in [-0.1, -0.05) is 36.6 Å². The van der Waals surface area contributed by atoms with E-state index in [1.807, 2.05) is 30.6 Å². The number of imidazole rings is 1. The van der Waals surface area contributed by atoms with Crippen molar-refractivity contribution >= 4 is 23.2 Å². The maximum absolute atomic E-state index is 13.9. The molecule has 5 rings (SSSR count). The second-order valence-electron chi connectivity index (χ2n) is 7.77. The van der Waals surface area contributed by atoms with Crippen LogP contribution >= 0.6 is 11.6 Å². The summed E-state index contributed by atoms with van der Waals surface area (Å²) < 4.78 is 21.9. The lowest BCUT2D eigenvalue weighted by atomic mass is 10.1. The molecule has 0 unspecified atom stereocenters. The van der Waals surface area contributed by atoms with Crippen LogP contribution in [0.2, 0.25) is 5.02 Å². The molecule has 1 N–H and O–H groups in total. The zero-order valence-corrected chi connectivity index (χ0v) is 17.8. The van der Waals surface area contributed by atoms with Crippen LogP contribution in [-0.2, 0) is 0 Å². The van der Waals surface area contributed by atoms with Gasteiger partial charge < -0.3 is 14.3 Å². The molecule has 1 aliphatic carbocycles. The van der Waals surface area contributed by atoms with Crippen LogP contribution in [0.1, 0.15) is 42.3 Å². The Bertz CT molecular complexity index is 1260. The normalized spacial score (nSPS) is 14.1. The monoisotopic (exact) mass is 450 g/mol. The molecule has 0 bridgehead atoms. The summed E-state index contributed by atoms with van der Waals surface area (Å²) in [6.07, 6.45) is 8.76. The number of nitrogens with zero attached hydrogens (tertiary/aromatic N) is 3. The van der Waals surface area contributed by atoms with Gasteiger partial charge >= 0.3 is 0 Å². The molecule has 0 spiro atoms. The first-order valence-corrected chi connectivity index (χ1v) is 10.8. The van der Waals surface area contributed by atoms with Gasteiger partial charge in [0, 0.05) is 22.8 Å². The van der Waals surface area contributed by atoms with E-state index in [9.17, 15) is 9.18 Å². The van der Waals surface area contributed by atoms with Crippen LogP contribution < -0.4 is 5.32 Å². The molecule has 1 aliphatic rings. The third-order valence-electron chi connectivity index (χ3n) is 5.71. The molecule has 1 fully saturated rings. The number of benzene rings is 1. The van der Waals surface area contributed by atoms with E-state index in [0.29, 0.717) is 16.8 Å². The molecule has 4 aromatic rings. The van der Waals surface area contributed by atoms with Gasteiger partial charge in [-0.05, 0) is 43.2 Å². The predicted molar refractivity (Wildman–Crippen MR) is 120 cm³/mol. The van der Waals surface area contributed by atoms with E-state index in [-0.39, 0.29) is 11.4 Å². The molecule has 8 heteroatoms. The van der Waals surface area contributed by atoms with Crippen LogP contribution in [0.25, 0.3) is 22.7 Å². The Balaban J connectivity index is 1.52. The van der Waals surface area contributed by atoms with Gasteiger partial charge in [0.2, 0.25) is 0 Å². The van der Waals surface area contributed by atoms with E-state index < -0.39 is 11.7 Å². The summed E-state index contributed by atoms with van der Waals surface area (Å²) in [6.45, 7) is 0.